The van der Waals surface area contributed by atoms with E-state index in [0.29, 0.717) is 16.4 Å². The van der Waals surface area contributed by atoms with Gasteiger partial charge in [-0.05, 0) is 24.6 Å². The molecule has 20 heavy (non-hydrogen) atoms. The molecular formula is C13H12ClF3N2O. The molecule has 1 aromatic heterocycles. The van der Waals surface area contributed by atoms with Crippen molar-refractivity contribution in [2.45, 2.75) is 19.4 Å². The Morgan fingerprint density at radius 1 is 1.30 bits per heavy atom. The molecule has 7 heteroatoms. The van der Waals surface area contributed by atoms with Gasteiger partial charge < -0.3 is 5.11 Å². The molecule has 108 valence electrons. The van der Waals surface area contributed by atoms with Crippen molar-refractivity contribution in [1.82, 2.24) is 9.78 Å². The van der Waals surface area contributed by atoms with Gasteiger partial charge in [-0.3, -0.25) is 4.68 Å². The number of aromatic nitrogens is 2. The Hall–Kier alpha value is -1.53. The van der Waals surface area contributed by atoms with Crippen LogP contribution in [0.4, 0.5) is 13.2 Å². The van der Waals surface area contributed by atoms with E-state index in [1.165, 1.54) is 4.68 Å². The molecule has 1 unspecified atom stereocenters. The summed E-state index contributed by atoms with van der Waals surface area (Å²) < 4.78 is 40.6. The lowest BCUT2D eigenvalue weighted by atomic mass is 10.0. The summed E-state index contributed by atoms with van der Waals surface area (Å²) in [6, 6.07) is 1.53. The van der Waals surface area contributed by atoms with Gasteiger partial charge >= 0.3 is 0 Å². The van der Waals surface area contributed by atoms with Crippen LogP contribution in [0.5, 0.6) is 0 Å². The molecule has 0 aliphatic carbocycles. The van der Waals surface area contributed by atoms with Crippen molar-refractivity contribution in [3.05, 3.63) is 51.6 Å². The fourth-order valence-electron chi connectivity index (χ4n) is 1.97. The number of rotatable bonds is 3. The van der Waals surface area contributed by atoms with Gasteiger partial charge in [-0.25, -0.2) is 13.2 Å². The van der Waals surface area contributed by atoms with Crippen LogP contribution < -0.4 is 0 Å². The van der Waals surface area contributed by atoms with E-state index in [2.05, 4.69) is 5.10 Å². The zero-order valence-corrected chi connectivity index (χ0v) is 11.5. The first-order valence-corrected chi connectivity index (χ1v) is 6.19. The standard InChI is InChI=1S/C13H12ClF3N2O/c1-6-12(14)10(19(2)18-6)5-11(20)7-3-8(15)13(17)9(16)4-7/h3-4,11,20H,5H2,1-2H3. The number of benzene rings is 1. The van der Waals surface area contributed by atoms with Crippen LogP contribution in [-0.4, -0.2) is 14.9 Å². The van der Waals surface area contributed by atoms with Crippen LogP contribution in [0.2, 0.25) is 5.02 Å². The lowest BCUT2D eigenvalue weighted by molar-refractivity contribution is 0.174. The van der Waals surface area contributed by atoms with Gasteiger partial charge in [-0.1, -0.05) is 11.6 Å². The van der Waals surface area contributed by atoms with Crippen molar-refractivity contribution in [2.75, 3.05) is 0 Å². The van der Waals surface area contributed by atoms with Gasteiger partial charge in [0.05, 0.1) is 22.5 Å². The SMILES string of the molecule is Cc1nn(C)c(CC(O)c2cc(F)c(F)c(F)c2)c1Cl. The zero-order chi connectivity index (χ0) is 15.0. The largest absolute Gasteiger partial charge is 0.388 e. The van der Waals surface area contributed by atoms with Crippen LogP contribution in [0.3, 0.4) is 0 Å². The first-order chi connectivity index (χ1) is 9.31. The Morgan fingerprint density at radius 3 is 2.30 bits per heavy atom. The van der Waals surface area contributed by atoms with E-state index in [-0.39, 0.29) is 12.0 Å². The molecule has 2 aromatic rings. The number of hydrogen-bond acceptors (Lipinski definition) is 2. The summed E-state index contributed by atoms with van der Waals surface area (Å²) in [4.78, 5) is 0. The predicted molar refractivity (Wildman–Crippen MR) is 67.9 cm³/mol. The molecule has 0 aliphatic heterocycles. The summed E-state index contributed by atoms with van der Waals surface area (Å²) in [6.45, 7) is 1.70. The molecule has 1 heterocycles. The summed E-state index contributed by atoms with van der Waals surface area (Å²) in [6.07, 6.45) is -1.20. The van der Waals surface area contributed by atoms with Crippen LogP contribution in [0, 0.1) is 24.4 Å². The van der Waals surface area contributed by atoms with Crippen molar-refractivity contribution in [3.63, 3.8) is 0 Å². The minimum Gasteiger partial charge on any atom is -0.388 e. The second-order valence-electron chi connectivity index (χ2n) is 4.49. The fourth-order valence-corrected chi connectivity index (χ4v) is 2.21. The molecule has 1 aromatic carbocycles. The van der Waals surface area contributed by atoms with Crippen molar-refractivity contribution < 1.29 is 18.3 Å². The van der Waals surface area contributed by atoms with Crippen molar-refractivity contribution >= 4 is 11.6 Å². The van der Waals surface area contributed by atoms with Gasteiger partial charge in [0.25, 0.3) is 0 Å². The Kier molecular flexibility index (Phi) is 4.06. The molecular weight excluding hydrogens is 293 g/mol. The zero-order valence-electron chi connectivity index (χ0n) is 10.8. The Labute approximate surface area is 118 Å². The maximum Gasteiger partial charge on any atom is 0.194 e. The first kappa shape index (κ1) is 14.9. The van der Waals surface area contributed by atoms with Gasteiger partial charge in [-0.2, -0.15) is 5.10 Å². The monoisotopic (exact) mass is 304 g/mol. The fraction of sp³-hybridized carbons (Fsp3) is 0.308. The third-order valence-corrected chi connectivity index (χ3v) is 3.53. The van der Waals surface area contributed by atoms with E-state index in [0.717, 1.165) is 12.1 Å². The lowest BCUT2D eigenvalue weighted by Crippen LogP contribution is -2.08. The quantitative estimate of drug-likeness (QED) is 0.885. The highest BCUT2D eigenvalue weighted by molar-refractivity contribution is 6.31. The van der Waals surface area contributed by atoms with Crippen LogP contribution in [-0.2, 0) is 13.5 Å². The summed E-state index contributed by atoms with van der Waals surface area (Å²) in [5.41, 5.74) is 1.06. The van der Waals surface area contributed by atoms with E-state index >= 15 is 0 Å². The average molecular weight is 305 g/mol. The maximum absolute atomic E-state index is 13.1. The molecule has 2 rings (SSSR count). The molecule has 0 radical (unpaired) electrons. The van der Waals surface area contributed by atoms with Crippen LogP contribution in [0.1, 0.15) is 23.1 Å². The highest BCUT2D eigenvalue weighted by Gasteiger charge is 2.19. The van der Waals surface area contributed by atoms with Gasteiger partial charge in [0.2, 0.25) is 0 Å². The minimum absolute atomic E-state index is 0.0146. The molecule has 0 amide bonds. The normalized spacial score (nSPS) is 12.8. The number of nitrogens with zero attached hydrogens (tertiary/aromatic N) is 2. The molecule has 1 N–H and O–H groups in total. The molecule has 0 aliphatic rings. The molecule has 3 nitrogen and oxygen atoms in total. The Balaban J connectivity index is 2.31. The third-order valence-electron chi connectivity index (χ3n) is 3.04. The molecule has 1 atom stereocenters. The molecule has 0 saturated carbocycles. The number of aliphatic hydroxyl groups excluding tert-OH is 1. The van der Waals surface area contributed by atoms with E-state index in [1.807, 2.05) is 0 Å². The van der Waals surface area contributed by atoms with Crippen molar-refractivity contribution in [3.8, 4) is 0 Å². The number of aliphatic hydroxyl groups is 1. The topological polar surface area (TPSA) is 38.0 Å². The summed E-state index contributed by atoms with van der Waals surface area (Å²) in [7, 11) is 1.65. The Morgan fingerprint density at radius 2 is 1.85 bits per heavy atom. The predicted octanol–water partition coefficient (Wildman–Crippen LogP) is 3.08. The van der Waals surface area contributed by atoms with Crippen LogP contribution >= 0.6 is 11.6 Å². The van der Waals surface area contributed by atoms with Crippen molar-refractivity contribution in [2.24, 2.45) is 7.05 Å². The second-order valence-corrected chi connectivity index (χ2v) is 4.87. The maximum atomic E-state index is 13.1. The first-order valence-electron chi connectivity index (χ1n) is 5.81. The van der Waals surface area contributed by atoms with Gasteiger partial charge in [-0.15, -0.1) is 0 Å². The van der Waals surface area contributed by atoms with Crippen LogP contribution in [0.15, 0.2) is 12.1 Å². The van der Waals surface area contributed by atoms with E-state index < -0.39 is 23.6 Å². The molecule has 0 spiro atoms. The van der Waals surface area contributed by atoms with Gasteiger partial charge in [0, 0.05) is 13.5 Å². The smallest absolute Gasteiger partial charge is 0.194 e. The molecule has 0 fully saturated rings. The van der Waals surface area contributed by atoms with Gasteiger partial charge in [0.1, 0.15) is 0 Å². The highest BCUT2D eigenvalue weighted by atomic mass is 35.5. The Bertz CT molecular complexity index is 634. The van der Waals surface area contributed by atoms with E-state index in [1.54, 1.807) is 14.0 Å². The van der Waals surface area contributed by atoms with Gasteiger partial charge in [0.15, 0.2) is 17.5 Å². The summed E-state index contributed by atoms with van der Waals surface area (Å²) in [5.74, 6) is -4.24. The third kappa shape index (κ3) is 2.66. The summed E-state index contributed by atoms with van der Waals surface area (Å²) >= 11 is 6.03. The lowest BCUT2D eigenvalue weighted by Gasteiger charge is -2.12. The average Bonchev–Trinajstić information content (AvgIpc) is 2.62. The second kappa shape index (κ2) is 5.46. The van der Waals surface area contributed by atoms with Crippen molar-refractivity contribution in [1.29, 1.82) is 0 Å². The van der Waals surface area contributed by atoms with E-state index in [4.69, 9.17) is 11.6 Å². The highest BCUT2D eigenvalue weighted by Crippen LogP contribution is 2.27. The van der Waals surface area contributed by atoms with E-state index in [9.17, 15) is 18.3 Å². The summed E-state index contributed by atoms with van der Waals surface area (Å²) in [5, 5.41) is 14.5. The number of aryl methyl sites for hydroxylation is 2. The van der Waals surface area contributed by atoms with Crippen LogP contribution in [0.25, 0.3) is 0 Å². The number of hydrogen-bond donors (Lipinski definition) is 1. The number of halogens is 4. The molecule has 0 bridgehead atoms. The molecule has 0 saturated heterocycles. The minimum atomic E-state index is -1.56.